The van der Waals surface area contributed by atoms with Crippen molar-refractivity contribution in [2.45, 2.75) is 13.8 Å². The summed E-state index contributed by atoms with van der Waals surface area (Å²) in [5.74, 6) is 1.11. The second-order valence-electron chi connectivity index (χ2n) is 5.89. The molecule has 1 saturated heterocycles. The molecule has 2 heterocycles. The summed E-state index contributed by atoms with van der Waals surface area (Å²) in [6, 6.07) is 3.48. The minimum absolute atomic E-state index is 0. The van der Waals surface area contributed by atoms with E-state index in [1.165, 1.54) is 7.11 Å². The molecular weight excluding hydrogens is 471 g/mol. The molecule has 0 aliphatic carbocycles. The minimum atomic E-state index is -0.168. The van der Waals surface area contributed by atoms with E-state index in [4.69, 9.17) is 21.1 Å². The molecule has 2 rings (SSSR count). The number of pyridine rings is 1. The predicted molar refractivity (Wildman–Crippen MR) is 112 cm³/mol. The lowest BCUT2D eigenvalue weighted by Crippen LogP contribution is -2.41. The number of aliphatic imine (C=N–C) groups is 1. The lowest BCUT2D eigenvalue weighted by atomic mass is 9.99. The molecule has 0 spiro atoms. The Kier molecular flexibility index (Phi) is 10.0. The van der Waals surface area contributed by atoms with Crippen molar-refractivity contribution in [3.8, 4) is 5.88 Å². The summed E-state index contributed by atoms with van der Waals surface area (Å²) in [5, 5.41) is 3.74. The highest BCUT2D eigenvalue weighted by molar-refractivity contribution is 14.0. The molecule has 0 saturated carbocycles. The number of esters is 1. The number of carbonyl (C=O) groups is 1. The number of rotatable bonds is 6. The summed E-state index contributed by atoms with van der Waals surface area (Å²) in [5.41, 5.74) is 0. The van der Waals surface area contributed by atoms with Gasteiger partial charge in [-0.05, 0) is 25.0 Å². The Morgan fingerprint density at radius 3 is 2.92 bits per heavy atom. The number of carbonyl (C=O) groups excluding carboxylic acids is 1. The Bertz CT molecular complexity index is 617. The van der Waals surface area contributed by atoms with Crippen LogP contribution in [0.3, 0.4) is 0 Å². The third kappa shape index (κ3) is 6.15. The van der Waals surface area contributed by atoms with Gasteiger partial charge in [0, 0.05) is 25.8 Å². The quantitative estimate of drug-likeness (QED) is 0.214. The number of nitrogens with one attached hydrogen (secondary N) is 1. The van der Waals surface area contributed by atoms with E-state index in [9.17, 15) is 4.79 Å². The van der Waals surface area contributed by atoms with Crippen molar-refractivity contribution in [2.75, 3.05) is 39.9 Å². The maximum Gasteiger partial charge on any atom is 0.310 e. The maximum atomic E-state index is 11.9. The molecular formula is C17H26ClIN4O3. The lowest BCUT2D eigenvalue weighted by Gasteiger charge is -2.21. The van der Waals surface area contributed by atoms with Gasteiger partial charge in [0.25, 0.3) is 0 Å². The molecule has 7 nitrogen and oxygen atoms in total. The third-order valence-corrected chi connectivity index (χ3v) is 4.35. The summed E-state index contributed by atoms with van der Waals surface area (Å²) < 4.78 is 10.4. The van der Waals surface area contributed by atoms with Gasteiger partial charge in [0.15, 0.2) is 5.96 Å². The second kappa shape index (κ2) is 11.4. The monoisotopic (exact) mass is 496 g/mol. The molecule has 0 aromatic carbocycles. The molecule has 0 radical (unpaired) electrons. The van der Waals surface area contributed by atoms with Crippen molar-refractivity contribution in [3.63, 3.8) is 0 Å². The molecule has 0 amide bonds. The molecule has 0 bridgehead atoms. The zero-order valence-electron chi connectivity index (χ0n) is 15.3. The van der Waals surface area contributed by atoms with Gasteiger partial charge >= 0.3 is 5.97 Å². The van der Waals surface area contributed by atoms with Crippen LogP contribution in [-0.4, -0.2) is 61.7 Å². The molecule has 1 fully saturated rings. The van der Waals surface area contributed by atoms with Crippen molar-refractivity contribution in [3.05, 3.63) is 23.4 Å². The van der Waals surface area contributed by atoms with Crippen LogP contribution < -0.4 is 10.1 Å². The van der Waals surface area contributed by atoms with Crippen LogP contribution in [0.15, 0.2) is 23.3 Å². The number of guanidine groups is 1. The van der Waals surface area contributed by atoms with Crippen LogP contribution in [0.4, 0.5) is 0 Å². The standard InChI is InChI=1S/C17H25ClN4O3.HI/c1-4-19-17(22-10-12(2)13(11-22)16(23)24-3)21-8-9-25-15-14(18)6-5-7-20-15;/h5-7,12-13H,4,8-11H2,1-3H3,(H,19,21);1H. The zero-order chi connectivity index (χ0) is 18.2. The molecule has 2 unspecified atom stereocenters. The minimum Gasteiger partial charge on any atom is -0.475 e. The smallest absolute Gasteiger partial charge is 0.310 e. The molecule has 1 aliphatic heterocycles. The molecule has 1 aliphatic rings. The third-order valence-electron chi connectivity index (χ3n) is 4.07. The van der Waals surface area contributed by atoms with Gasteiger partial charge in [-0.3, -0.25) is 4.79 Å². The van der Waals surface area contributed by atoms with E-state index in [1.807, 2.05) is 6.92 Å². The Labute approximate surface area is 176 Å². The van der Waals surface area contributed by atoms with E-state index in [0.29, 0.717) is 30.6 Å². The van der Waals surface area contributed by atoms with Crippen LogP contribution in [0, 0.1) is 11.8 Å². The summed E-state index contributed by atoms with van der Waals surface area (Å²) in [6.07, 6.45) is 1.63. The molecule has 1 aromatic rings. The number of nitrogens with zero attached hydrogens (tertiary/aromatic N) is 3. The Balaban J connectivity index is 0.00000338. The summed E-state index contributed by atoms with van der Waals surface area (Å²) in [7, 11) is 1.43. The fourth-order valence-electron chi connectivity index (χ4n) is 2.80. The molecule has 2 atom stereocenters. The van der Waals surface area contributed by atoms with Crippen LogP contribution in [0.25, 0.3) is 0 Å². The van der Waals surface area contributed by atoms with E-state index < -0.39 is 0 Å². The number of aromatic nitrogens is 1. The first-order valence-electron chi connectivity index (χ1n) is 8.41. The van der Waals surface area contributed by atoms with Gasteiger partial charge in [0.05, 0.1) is 19.6 Å². The molecule has 1 N–H and O–H groups in total. The number of hydrogen-bond acceptors (Lipinski definition) is 5. The van der Waals surface area contributed by atoms with E-state index in [2.05, 4.69) is 27.1 Å². The summed E-state index contributed by atoms with van der Waals surface area (Å²) in [6.45, 7) is 7.01. The van der Waals surface area contributed by atoms with Crippen molar-refractivity contribution >= 4 is 47.5 Å². The van der Waals surface area contributed by atoms with Crippen molar-refractivity contribution in [2.24, 2.45) is 16.8 Å². The van der Waals surface area contributed by atoms with Crippen molar-refractivity contribution < 1.29 is 14.3 Å². The average Bonchev–Trinajstić information content (AvgIpc) is 3.00. The van der Waals surface area contributed by atoms with Crippen molar-refractivity contribution in [1.29, 1.82) is 0 Å². The van der Waals surface area contributed by atoms with Gasteiger partial charge in [0.2, 0.25) is 5.88 Å². The number of halogens is 2. The number of likely N-dealkylation sites (tertiary alicyclic amines) is 1. The largest absolute Gasteiger partial charge is 0.475 e. The first-order valence-corrected chi connectivity index (χ1v) is 8.79. The summed E-state index contributed by atoms with van der Waals surface area (Å²) in [4.78, 5) is 22.6. The topological polar surface area (TPSA) is 76.1 Å². The van der Waals surface area contributed by atoms with E-state index in [0.717, 1.165) is 19.0 Å². The first-order chi connectivity index (χ1) is 12.1. The first kappa shape index (κ1) is 22.8. The highest BCUT2D eigenvalue weighted by atomic mass is 127. The van der Waals surface area contributed by atoms with Crippen LogP contribution in [-0.2, 0) is 9.53 Å². The fraction of sp³-hybridized carbons (Fsp3) is 0.588. The summed E-state index contributed by atoms with van der Waals surface area (Å²) >= 11 is 6.01. The number of hydrogen-bond donors (Lipinski definition) is 1. The molecule has 1 aromatic heterocycles. The van der Waals surface area contributed by atoms with Gasteiger partial charge in [-0.1, -0.05) is 18.5 Å². The van der Waals surface area contributed by atoms with Crippen LogP contribution in [0.1, 0.15) is 13.8 Å². The second-order valence-corrected chi connectivity index (χ2v) is 6.29. The van der Waals surface area contributed by atoms with Crippen LogP contribution in [0.5, 0.6) is 5.88 Å². The van der Waals surface area contributed by atoms with Gasteiger partial charge < -0.3 is 19.7 Å². The average molecular weight is 497 g/mol. The highest BCUT2D eigenvalue weighted by Crippen LogP contribution is 2.24. The van der Waals surface area contributed by atoms with Gasteiger partial charge in [0.1, 0.15) is 11.6 Å². The number of ether oxygens (including phenoxy) is 2. The van der Waals surface area contributed by atoms with Gasteiger partial charge in [-0.25, -0.2) is 9.98 Å². The number of methoxy groups -OCH3 is 1. The Morgan fingerprint density at radius 1 is 1.50 bits per heavy atom. The Morgan fingerprint density at radius 2 is 2.27 bits per heavy atom. The van der Waals surface area contributed by atoms with Crippen molar-refractivity contribution in [1.82, 2.24) is 15.2 Å². The van der Waals surface area contributed by atoms with E-state index in [-0.39, 0.29) is 41.8 Å². The molecule has 9 heteroatoms. The maximum absolute atomic E-state index is 11.9. The fourth-order valence-corrected chi connectivity index (χ4v) is 2.97. The normalized spacial score (nSPS) is 19.7. The zero-order valence-corrected chi connectivity index (χ0v) is 18.4. The highest BCUT2D eigenvalue weighted by Gasteiger charge is 2.36. The van der Waals surface area contributed by atoms with Gasteiger partial charge in [-0.15, -0.1) is 24.0 Å². The lowest BCUT2D eigenvalue weighted by molar-refractivity contribution is -0.145. The molecule has 26 heavy (non-hydrogen) atoms. The van der Waals surface area contributed by atoms with Crippen LogP contribution in [0.2, 0.25) is 5.02 Å². The van der Waals surface area contributed by atoms with Gasteiger partial charge in [-0.2, -0.15) is 0 Å². The SMILES string of the molecule is CCNC(=NCCOc1ncccc1Cl)N1CC(C)C(C(=O)OC)C1.I. The Hall–Kier alpha value is -1.29. The van der Waals surface area contributed by atoms with Crippen LogP contribution >= 0.6 is 35.6 Å². The van der Waals surface area contributed by atoms with E-state index in [1.54, 1.807) is 18.3 Å². The molecule has 146 valence electrons. The predicted octanol–water partition coefficient (Wildman–Crippen LogP) is 2.44. The van der Waals surface area contributed by atoms with E-state index >= 15 is 0 Å².